The van der Waals surface area contributed by atoms with Crippen molar-refractivity contribution in [1.29, 1.82) is 0 Å². The highest BCUT2D eigenvalue weighted by Crippen LogP contribution is 2.43. The third-order valence-electron chi connectivity index (χ3n) is 8.26. The summed E-state index contributed by atoms with van der Waals surface area (Å²) in [6.45, 7) is 5.81. The van der Waals surface area contributed by atoms with Gasteiger partial charge in [-0.3, -0.25) is 0 Å². The zero-order valence-electron chi connectivity index (χ0n) is 22.1. The fourth-order valence-corrected chi connectivity index (χ4v) is 6.17. The topological polar surface area (TPSA) is 135 Å². The van der Waals surface area contributed by atoms with Crippen LogP contribution in [0.1, 0.15) is 80.0 Å². The largest absolute Gasteiger partial charge is 0.616 e. The number of ether oxygens (including phenoxy) is 2. The van der Waals surface area contributed by atoms with E-state index >= 15 is 0 Å². The van der Waals surface area contributed by atoms with E-state index in [1.165, 1.54) is 0 Å². The molecule has 10 heteroatoms. The van der Waals surface area contributed by atoms with Gasteiger partial charge in [-0.05, 0) is 61.8 Å². The molecule has 200 valence electrons. The maximum atomic E-state index is 12.5. The fraction of sp³-hybridized carbons (Fsp3) is 0.500. The number of fused-ring (bicyclic) bond motifs is 2. The number of cyclic esters (lactones) is 1. The zero-order valence-corrected chi connectivity index (χ0v) is 22.9. The number of pyridine rings is 3. The minimum absolute atomic E-state index is 0.00187. The molecule has 2 fully saturated rings. The number of rotatable bonds is 7. The molecule has 0 saturated heterocycles. The Kier molecular flexibility index (Phi) is 6.24. The van der Waals surface area contributed by atoms with Gasteiger partial charge in [-0.1, -0.05) is 18.1 Å². The molecule has 0 spiro atoms. The number of aromatic nitrogens is 3. The first-order chi connectivity index (χ1) is 18.1. The Hall–Kier alpha value is -2.95. The van der Waals surface area contributed by atoms with E-state index in [-0.39, 0.29) is 29.3 Å². The Morgan fingerprint density at radius 3 is 2.66 bits per heavy atom. The summed E-state index contributed by atoms with van der Waals surface area (Å²) in [6.07, 6.45) is 9.08. The van der Waals surface area contributed by atoms with Crippen LogP contribution in [0.2, 0.25) is 0 Å². The summed E-state index contributed by atoms with van der Waals surface area (Å²) < 4.78 is 23.5. The average molecular weight is 536 g/mol. The second-order valence-corrected chi connectivity index (χ2v) is 13.0. The maximum absolute atomic E-state index is 12.5. The molecule has 2 saturated carbocycles. The molecule has 4 heterocycles. The molecule has 2 aliphatic carbocycles. The first kappa shape index (κ1) is 25.3. The van der Waals surface area contributed by atoms with E-state index < -0.39 is 16.8 Å². The summed E-state index contributed by atoms with van der Waals surface area (Å²) in [4.78, 5) is 26.5. The normalized spacial score (nSPS) is 25.6. The van der Waals surface area contributed by atoms with Crippen molar-refractivity contribution in [2.24, 2.45) is 11.7 Å². The summed E-state index contributed by atoms with van der Waals surface area (Å²) in [5.74, 6) is 1.77. The maximum Gasteiger partial charge on any atom is 0.340 e. The average Bonchev–Trinajstić information content (AvgIpc) is 3.69. The number of carbonyl (C=O) groups excluding carboxylic acids is 1. The van der Waals surface area contributed by atoms with Gasteiger partial charge in [0.2, 0.25) is 5.88 Å². The van der Waals surface area contributed by atoms with E-state index in [2.05, 4.69) is 15.3 Å². The molecule has 3 aromatic rings. The molecular weight excluding hydrogens is 502 g/mol. The van der Waals surface area contributed by atoms with Crippen LogP contribution in [0.15, 0.2) is 30.6 Å². The van der Waals surface area contributed by atoms with Crippen LogP contribution < -0.4 is 15.8 Å². The van der Waals surface area contributed by atoms with E-state index in [0.29, 0.717) is 34.7 Å². The van der Waals surface area contributed by atoms with Gasteiger partial charge in [0.15, 0.2) is 0 Å². The van der Waals surface area contributed by atoms with Crippen molar-refractivity contribution in [3.8, 4) is 5.88 Å². The number of hydrogen-bond donors (Lipinski definition) is 2. The van der Waals surface area contributed by atoms with Gasteiger partial charge in [0, 0.05) is 37.2 Å². The molecular formula is C28H33N5O4S. The standard InChI is InChI=1S/C28H33N5O4S/c1-14-25-18(27(34)37-28(14,2)3)7-8-22(33-25)32-23-11-19-20(24(29)15-5-6-15)12-31-26(21(19)13-30-23)36-16-9-17(10-16)38(4)35/h7-8,11-17,24H,5-6,9-10,29H2,1-4H3,(H,30,32,33). The van der Waals surface area contributed by atoms with Crippen molar-refractivity contribution in [2.75, 3.05) is 11.6 Å². The Bertz CT molecular complexity index is 1400. The third-order valence-corrected chi connectivity index (χ3v) is 9.59. The van der Waals surface area contributed by atoms with Crippen LogP contribution in [0.25, 0.3) is 10.8 Å². The minimum Gasteiger partial charge on any atom is -0.616 e. The van der Waals surface area contributed by atoms with Gasteiger partial charge >= 0.3 is 5.97 Å². The smallest absolute Gasteiger partial charge is 0.340 e. The molecule has 6 rings (SSSR count). The predicted octanol–water partition coefficient (Wildman–Crippen LogP) is 4.52. The van der Waals surface area contributed by atoms with Crippen LogP contribution in [0.4, 0.5) is 11.6 Å². The Morgan fingerprint density at radius 2 is 1.95 bits per heavy atom. The second-order valence-electron chi connectivity index (χ2n) is 11.3. The SMILES string of the molecule is CC1c2nc(Nc3cc4c(C(N)C5CC5)cnc(OC5CC([S+](C)[O-])C5)c4cn3)ccc2C(=O)OC1(C)C. The minimum atomic E-state index is -0.839. The number of nitrogens with two attached hydrogens (primary N) is 1. The third kappa shape index (κ3) is 4.58. The molecule has 3 unspecified atom stereocenters. The molecule has 9 nitrogen and oxygen atoms in total. The van der Waals surface area contributed by atoms with Crippen LogP contribution >= 0.6 is 0 Å². The molecule has 38 heavy (non-hydrogen) atoms. The lowest BCUT2D eigenvalue weighted by Crippen LogP contribution is -2.42. The number of esters is 1. The van der Waals surface area contributed by atoms with Gasteiger partial charge in [-0.2, -0.15) is 0 Å². The number of nitrogens with zero attached hydrogens (tertiary/aromatic N) is 3. The molecule has 3 aromatic heterocycles. The molecule has 3 N–H and O–H groups in total. The van der Waals surface area contributed by atoms with Crippen LogP contribution in [0.5, 0.6) is 5.88 Å². The highest BCUT2D eigenvalue weighted by atomic mass is 32.2. The monoisotopic (exact) mass is 535 g/mol. The van der Waals surface area contributed by atoms with Crippen molar-refractivity contribution in [2.45, 2.75) is 75.4 Å². The highest BCUT2D eigenvalue weighted by molar-refractivity contribution is 7.91. The van der Waals surface area contributed by atoms with Crippen LogP contribution in [0, 0.1) is 5.92 Å². The quantitative estimate of drug-likeness (QED) is 0.331. The highest BCUT2D eigenvalue weighted by Gasteiger charge is 2.40. The lowest BCUT2D eigenvalue weighted by molar-refractivity contribution is -0.0189. The van der Waals surface area contributed by atoms with Crippen molar-refractivity contribution in [1.82, 2.24) is 15.0 Å². The summed E-state index contributed by atoms with van der Waals surface area (Å²) in [5.41, 5.74) is 8.16. The first-order valence-electron chi connectivity index (χ1n) is 13.1. The first-order valence-corrected chi connectivity index (χ1v) is 14.8. The Labute approximate surface area is 225 Å². The molecule has 0 bridgehead atoms. The van der Waals surface area contributed by atoms with Crippen molar-refractivity contribution in [3.05, 3.63) is 47.4 Å². The van der Waals surface area contributed by atoms with Crippen LogP contribution in [0.3, 0.4) is 0 Å². The van der Waals surface area contributed by atoms with Gasteiger partial charge in [-0.15, -0.1) is 0 Å². The van der Waals surface area contributed by atoms with Gasteiger partial charge in [0.25, 0.3) is 0 Å². The molecule has 0 radical (unpaired) electrons. The Morgan fingerprint density at radius 1 is 1.18 bits per heavy atom. The van der Waals surface area contributed by atoms with E-state index in [9.17, 15) is 9.35 Å². The van der Waals surface area contributed by atoms with E-state index in [4.69, 9.17) is 20.2 Å². The summed E-state index contributed by atoms with van der Waals surface area (Å²) >= 11 is -0.839. The predicted molar refractivity (Wildman–Crippen MR) is 146 cm³/mol. The van der Waals surface area contributed by atoms with Crippen molar-refractivity contribution in [3.63, 3.8) is 0 Å². The van der Waals surface area contributed by atoms with Crippen LogP contribution in [-0.4, -0.2) is 48.7 Å². The van der Waals surface area contributed by atoms with E-state index in [1.807, 2.05) is 33.0 Å². The van der Waals surface area contributed by atoms with E-state index in [0.717, 1.165) is 42.0 Å². The molecule has 1 aliphatic heterocycles. The number of nitrogens with one attached hydrogen (secondary N) is 1. The molecule has 0 aromatic carbocycles. The van der Waals surface area contributed by atoms with Crippen LogP contribution in [-0.2, 0) is 15.9 Å². The molecule has 0 amide bonds. The molecule has 3 aliphatic rings. The Balaban J connectivity index is 1.32. The van der Waals surface area contributed by atoms with Crippen molar-refractivity contribution >= 4 is 39.6 Å². The summed E-state index contributed by atoms with van der Waals surface area (Å²) in [5, 5.41) is 5.24. The van der Waals surface area contributed by atoms with Gasteiger partial charge in [0.05, 0.1) is 22.9 Å². The lowest BCUT2D eigenvalue weighted by Gasteiger charge is -2.36. The van der Waals surface area contributed by atoms with E-state index in [1.54, 1.807) is 24.6 Å². The second kappa shape index (κ2) is 9.36. The van der Waals surface area contributed by atoms with Gasteiger partial charge < -0.3 is 25.1 Å². The van der Waals surface area contributed by atoms with Crippen molar-refractivity contribution < 1.29 is 18.8 Å². The zero-order chi connectivity index (χ0) is 26.8. The number of carbonyl (C=O) groups is 1. The lowest BCUT2D eigenvalue weighted by atomic mass is 9.84. The van der Waals surface area contributed by atoms with Gasteiger partial charge in [-0.25, -0.2) is 19.7 Å². The summed E-state index contributed by atoms with van der Waals surface area (Å²) in [6, 6.07) is 5.37. The number of hydrogen-bond acceptors (Lipinski definition) is 9. The fourth-order valence-electron chi connectivity index (χ4n) is 5.20. The van der Waals surface area contributed by atoms with Gasteiger partial charge in [0.1, 0.15) is 28.6 Å². The summed E-state index contributed by atoms with van der Waals surface area (Å²) in [7, 11) is 0. The number of anilines is 2. The molecule has 3 atom stereocenters.